The van der Waals surface area contributed by atoms with Crippen molar-refractivity contribution < 1.29 is 14.1 Å². The molecule has 1 aliphatic rings. The highest BCUT2D eigenvalue weighted by atomic mass is 32.2. The Labute approximate surface area is 80.0 Å². The number of nitrogens with two attached hydrogens (primary N) is 1. The van der Waals surface area contributed by atoms with E-state index < -0.39 is 22.8 Å². The van der Waals surface area contributed by atoms with Crippen molar-refractivity contribution in [3.63, 3.8) is 0 Å². The van der Waals surface area contributed by atoms with Gasteiger partial charge in [-0.05, 0) is 12.8 Å². The predicted molar refractivity (Wildman–Crippen MR) is 50.9 cm³/mol. The maximum atomic E-state index is 11.5. The number of hydrogen-bond donors (Lipinski definition) is 2. The molecule has 0 aromatic heterocycles. The Hall–Kier alpha value is -0.420. The highest BCUT2D eigenvalue weighted by Gasteiger charge is 2.24. The van der Waals surface area contributed by atoms with Gasteiger partial charge in [-0.3, -0.25) is 9.00 Å². The molecule has 0 amide bonds. The van der Waals surface area contributed by atoms with E-state index in [1.807, 2.05) is 0 Å². The second kappa shape index (κ2) is 4.72. The van der Waals surface area contributed by atoms with Crippen LogP contribution in [0.5, 0.6) is 0 Å². The molecule has 0 bridgehead atoms. The molecule has 3 N–H and O–H groups in total. The first kappa shape index (κ1) is 10.7. The van der Waals surface area contributed by atoms with E-state index in [2.05, 4.69) is 0 Å². The monoisotopic (exact) mass is 205 g/mol. The second-order valence-electron chi connectivity index (χ2n) is 3.40. The highest BCUT2D eigenvalue weighted by molar-refractivity contribution is 7.85. The minimum Gasteiger partial charge on any atom is -0.480 e. The van der Waals surface area contributed by atoms with Gasteiger partial charge in [-0.2, -0.15) is 0 Å². The summed E-state index contributed by atoms with van der Waals surface area (Å²) in [4.78, 5) is 10.4. The Bertz CT molecular complexity index is 213. The zero-order chi connectivity index (χ0) is 9.84. The largest absolute Gasteiger partial charge is 0.480 e. The van der Waals surface area contributed by atoms with Crippen LogP contribution in [0.25, 0.3) is 0 Å². The van der Waals surface area contributed by atoms with Gasteiger partial charge in [-0.1, -0.05) is 12.8 Å². The van der Waals surface area contributed by atoms with Crippen molar-refractivity contribution in [2.75, 3.05) is 5.75 Å². The van der Waals surface area contributed by atoms with E-state index in [0.29, 0.717) is 0 Å². The molecule has 1 fully saturated rings. The van der Waals surface area contributed by atoms with Crippen molar-refractivity contribution in [2.45, 2.75) is 37.0 Å². The van der Waals surface area contributed by atoms with Crippen LogP contribution in [0.1, 0.15) is 25.7 Å². The molecule has 0 saturated heterocycles. The summed E-state index contributed by atoms with van der Waals surface area (Å²) in [5, 5.41) is 8.70. The fourth-order valence-corrected chi connectivity index (χ4v) is 3.16. The van der Waals surface area contributed by atoms with Crippen LogP contribution in [0.2, 0.25) is 0 Å². The van der Waals surface area contributed by atoms with Crippen LogP contribution in [0.15, 0.2) is 0 Å². The number of rotatable bonds is 4. The van der Waals surface area contributed by atoms with Crippen molar-refractivity contribution in [3.8, 4) is 0 Å². The van der Waals surface area contributed by atoms with E-state index in [1.165, 1.54) is 0 Å². The summed E-state index contributed by atoms with van der Waals surface area (Å²) in [6.07, 6.45) is 4.13. The standard InChI is InChI=1S/C8H15NO3S/c9-7(8(10)11)5-13(12)6-3-1-2-4-6/h6-7H,1-5,9H2,(H,10,11). The number of carboxylic acid groups (broad SMARTS) is 1. The van der Waals surface area contributed by atoms with Crippen LogP contribution in [0.3, 0.4) is 0 Å². The molecular formula is C8H15NO3S. The van der Waals surface area contributed by atoms with Gasteiger partial charge in [0.25, 0.3) is 0 Å². The Balaban J connectivity index is 2.35. The summed E-state index contributed by atoms with van der Waals surface area (Å²) in [5.74, 6) is -0.966. The van der Waals surface area contributed by atoms with Gasteiger partial charge < -0.3 is 10.8 Å². The molecule has 2 atom stereocenters. The fourth-order valence-electron chi connectivity index (χ4n) is 1.54. The summed E-state index contributed by atoms with van der Waals surface area (Å²) in [7, 11) is -1.05. The lowest BCUT2D eigenvalue weighted by atomic mass is 10.4. The summed E-state index contributed by atoms with van der Waals surface area (Å²) < 4.78 is 11.5. The van der Waals surface area contributed by atoms with Crippen LogP contribution in [-0.2, 0) is 15.6 Å². The lowest BCUT2D eigenvalue weighted by Crippen LogP contribution is -2.37. The lowest BCUT2D eigenvalue weighted by molar-refractivity contribution is -0.137. The molecule has 13 heavy (non-hydrogen) atoms. The van der Waals surface area contributed by atoms with Crippen molar-refractivity contribution >= 4 is 16.8 Å². The quantitative estimate of drug-likeness (QED) is 0.681. The number of carboxylic acids is 1. The SMILES string of the molecule is NC(CS(=O)C1CCCC1)C(=O)O. The Morgan fingerprint density at radius 1 is 1.54 bits per heavy atom. The first-order valence-electron chi connectivity index (χ1n) is 4.47. The summed E-state index contributed by atoms with van der Waals surface area (Å²) >= 11 is 0. The molecular weight excluding hydrogens is 190 g/mol. The number of carbonyl (C=O) groups is 1. The molecule has 76 valence electrons. The van der Waals surface area contributed by atoms with E-state index in [9.17, 15) is 9.00 Å². The van der Waals surface area contributed by atoms with Crippen molar-refractivity contribution in [2.24, 2.45) is 5.73 Å². The van der Waals surface area contributed by atoms with Crippen LogP contribution in [-0.4, -0.2) is 32.3 Å². The topological polar surface area (TPSA) is 80.4 Å². The molecule has 0 aliphatic heterocycles. The molecule has 0 radical (unpaired) electrons. The maximum absolute atomic E-state index is 11.5. The Morgan fingerprint density at radius 2 is 2.08 bits per heavy atom. The summed E-state index contributed by atoms with van der Waals surface area (Å²) in [6.45, 7) is 0. The Morgan fingerprint density at radius 3 is 2.54 bits per heavy atom. The average molecular weight is 205 g/mol. The van der Waals surface area contributed by atoms with Gasteiger partial charge in [-0.15, -0.1) is 0 Å². The molecule has 4 nitrogen and oxygen atoms in total. The van der Waals surface area contributed by atoms with Gasteiger partial charge in [0.15, 0.2) is 0 Å². The van der Waals surface area contributed by atoms with Crippen LogP contribution < -0.4 is 5.73 Å². The highest BCUT2D eigenvalue weighted by Crippen LogP contribution is 2.23. The minimum atomic E-state index is -1.06. The average Bonchev–Trinajstić information content (AvgIpc) is 2.55. The van der Waals surface area contributed by atoms with Gasteiger partial charge in [0.1, 0.15) is 6.04 Å². The molecule has 0 heterocycles. The molecule has 5 heteroatoms. The molecule has 1 saturated carbocycles. The summed E-state index contributed by atoms with van der Waals surface area (Å²) in [5.41, 5.74) is 5.29. The van der Waals surface area contributed by atoms with E-state index in [4.69, 9.17) is 10.8 Å². The van der Waals surface area contributed by atoms with E-state index >= 15 is 0 Å². The third-order valence-corrected chi connectivity index (χ3v) is 4.24. The first-order chi connectivity index (χ1) is 6.11. The van der Waals surface area contributed by atoms with Gasteiger partial charge in [0.2, 0.25) is 0 Å². The van der Waals surface area contributed by atoms with Gasteiger partial charge >= 0.3 is 5.97 Å². The van der Waals surface area contributed by atoms with Crippen molar-refractivity contribution in [3.05, 3.63) is 0 Å². The Kier molecular flexibility index (Phi) is 3.87. The van der Waals surface area contributed by atoms with Gasteiger partial charge in [0, 0.05) is 21.8 Å². The van der Waals surface area contributed by atoms with E-state index in [1.54, 1.807) is 0 Å². The van der Waals surface area contributed by atoms with E-state index in [-0.39, 0.29) is 11.0 Å². The lowest BCUT2D eigenvalue weighted by Gasteiger charge is -2.11. The smallest absolute Gasteiger partial charge is 0.321 e. The van der Waals surface area contributed by atoms with E-state index in [0.717, 1.165) is 25.7 Å². The fraction of sp³-hybridized carbons (Fsp3) is 0.875. The van der Waals surface area contributed by atoms with Gasteiger partial charge in [-0.25, -0.2) is 0 Å². The van der Waals surface area contributed by atoms with Crippen LogP contribution in [0, 0.1) is 0 Å². The third kappa shape index (κ3) is 3.08. The van der Waals surface area contributed by atoms with Crippen LogP contribution >= 0.6 is 0 Å². The third-order valence-electron chi connectivity index (χ3n) is 2.34. The van der Waals surface area contributed by atoms with Gasteiger partial charge in [0.05, 0.1) is 0 Å². The first-order valence-corrected chi connectivity index (χ1v) is 5.85. The molecule has 1 aliphatic carbocycles. The zero-order valence-electron chi connectivity index (χ0n) is 7.44. The molecule has 0 spiro atoms. The van der Waals surface area contributed by atoms with Crippen molar-refractivity contribution in [1.82, 2.24) is 0 Å². The second-order valence-corrected chi connectivity index (χ2v) is 5.16. The summed E-state index contributed by atoms with van der Waals surface area (Å²) in [6, 6.07) is -0.971. The molecule has 0 aromatic carbocycles. The minimum absolute atomic E-state index is 0.0972. The molecule has 1 rings (SSSR count). The van der Waals surface area contributed by atoms with Crippen LogP contribution in [0.4, 0.5) is 0 Å². The maximum Gasteiger partial charge on any atom is 0.321 e. The predicted octanol–water partition coefficient (Wildman–Crippen LogP) is 0.0896. The molecule has 2 unspecified atom stereocenters. The number of aliphatic carboxylic acids is 1. The normalized spacial score (nSPS) is 22.8. The number of hydrogen-bond acceptors (Lipinski definition) is 3. The zero-order valence-corrected chi connectivity index (χ0v) is 8.26. The van der Waals surface area contributed by atoms with Crippen molar-refractivity contribution in [1.29, 1.82) is 0 Å². The molecule has 0 aromatic rings.